The first-order valence-corrected chi connectivity index (χ1v) is 8.46. The molecule has 0 bridgehead atoms. The quantitative estimate of drug-likeness (QED) is 0.816. The Morgan fingerprint density at radius 1 is 1.04 bits per heavy atom. The molecule has 0 fully saturated rings. The molecule has 2 aromatic rings. The van der Waals surface area contributed by atoms with Crippen LogP contribution in [0.4, 0.5) is 16.2 Å². The zero-order valence-electron chi connectivity index (χ0n) is 16.3. The maximum absolute atomic E-state index is 12.2. The van der Waals surface area contributed by atoms with E-state index in [9.17, 15) is 9.59 Å². The number of imide groups is 1. The molecule has 2 N–H and O–H groups in total. The summed E-state index contributed by atoms with van der Waals surface area (Å²) in [7, 11) is 4.86. The van der Waals surface area contributed by atoms with E-state index in [2.05, 4.69) is 10.6 Å². The molecule has 7 heteroatoms. The van der Waals surface area contributed by atoms with Crippen LogP contribution >= 0.6 is 0 Å². The predicted octanol–water partition coefficient (Wildman–Crippen LogP) is 3.11. The largest absolute Gasteiger partial charge is 0.493 e. The monoisotopic (exact) mass is 371 g/mol. The maximum Gasteiger partial charge on any atom is 0.325 e. The van der Waals surface area contributed by atoms with Gasteiger partial charge in [0.15, 0.2) is 11.5 Å². The molecule has 2 aromatic carbocycles. The minimum atomic E-state index is -0.561. The molecule has 0 atom stereocenters. The van der Waals surface area contributed by atoms with E-state index < -0.39 is 11.9 Å². The van der Waals surface area contributed by atoms with E-state index in [0.717, 1.165) is 16.8 Å². The lowest BCUT2D eigenvalue weighted by atomic mass is 10.1. The van der Waals surface area contributed by atoms with Gasteiger partial charge >= 0.3 is 6.03 Å². The molecule has 7 nitrogen and oxygen atoms in total. The van der Waals surface area contributed by atoms with Crippen LogP contribution < -0.4 is 25.0 Å². The van der Waals surface area contributed by atoms with E-state index in [4.69, 9.17) is 9.47 Å². The van der Waals surface area contributed by atoms with Crippen LogP contribution in [0, 0.1) is 13.8 Å². The molecule has 27 heavy (non-hydrogen) atoms. The normalized spacial score (nSPS) is 10.1. The van der Waals surface area contributed by atoms with E-state index in [-0.39, 0.29) is 6.54 Å². The average molecular weight is 371 g/mol. The lowest BCUT2D eigenvalue weighted by Crippen LogP contribution is -2.40. The molecular weight excluding hydrogens is 346 g/mol. The number of carbonyl (C=O) groups is 2. The highest BCUT2D eigenvalue weighted by atomic mass is 16.5. The molecule has 0 saturated heterocycles. The predicted molar refractivity (Wildman–Crippen MR) is 106 cm³/mol. The van der Waals surface area contributed by atoms with E-state index in [1.54, 1.807) is 44.4 Å². The Bertz CT molecular complexity index is 836. The molecule has 0 spiro atoms. The Morgan fingerprint density at radius 2 is 1.74 bits per heavy atom. The molecule has 3 amide bonds. The molecule has 2 rings (SSSR count). The third-order valence-corrected chi connectivity index (χ3v) is 4.29. The molecule has 0 saturated carbocycles. The number of ether oxygens (including phenoxy) is 2. The van der Waals surface area contributed by atoms with Crippen molar-refractivity contribution in [1.82, 2.24) is 5.32 Å². The van der Waals surface area contributed by atoms with Gasteiger partial charge in [0.2, 0.25) is 5.91 Å². The minimum Gasteiger partial charge on any atom is -0.493 e. The summed E-state index contributed by atoms with van der Waals surface area (Å²) in [4.78, 5) is 26.0. The average Bonchev–Trinajstić information content (AvgIpc) is 2.64. The maximum atomic E-state index is 12.2. The summed E-state index contributed by atoms with van der Waals surface area (Å²) in [6, 6.07) is 10.4. The van der Waals surface area contributed by atoms with Gasteiger partial charge in [-0.1, -0.05) is 12.1 Å². The van der Waals surface area contributed by atoms with E-state index >= 15 is 0 Å². The van der Waals surface area contributed by atoms with Crippen LogP contribution in [0.2, 0.25) is 0 Å². The summed E-state index contributed by atoms with van der Waals surface area (Å²) in [5, 5.41) is 5.04. The number of rotatable bonds is 6. The van der Waals surface area contributed by atoms with Crippen molar-refractivity contribution in [3.05, 3.63) is 47.5 Å². The molecule has 144 valence electrons. The Hall–Kier alpha value is -3.22. The lowest BCUT2D eigenvalue weighted by molar-refractivity contribution is -0.118. The number of methoxy groups -OCH3 is 2. The van der Waals surface area contributed by atoms with Gasteiger partial charge in [-0.2, -0.15) is 0 Å². The molecular formula is C20H25N3O4. The van der Waals surface area contributed by atoms with Gasteiger partial charge in [-0.25, -0.2) is 4.79 Å². The summed E-state index contributed by atoms with van der Waals surface area (Å²) in [5.74, 6) is 0.747. The second-order valence-corrected chi connectivity index (χ2v) is 6.15. The van der Waals surface area contributed by atoms with Crippen LogP contribution in [0.3, 0.4) is 0 Å². The van der Waals surface area contributed by atoms with Crippen molar-refractivity contribution >= 4 is 23.3 Å². The first-order chi connectivity index (χ1) is 12.8. The van der Waals surface area contributed by atoms with Crippen LogP contribution in [0.5, 0.6) is 11.5 Å². The first kappa shape index (κ1) is 20.1. The second kappa shape index (κ2) is 8.93. The fourth-order valence-electron chi connectivity index (χ4n) is 2.58. The summed E-state index contributed by atoms with van der Waals surface area (Å²) in [6.07, 6.45) is 0. The van der Waals surface area contributed by atoms with Gasteiger partial charge in [0.1, 0.15) is 0 Å². The number of hydrogen-bond donors (Lipinski definition) is 2. The Kier molecular flexibility index (Phi) is 6.65. The first-order valence-electron chi connectivity index (χ1n) is 8.46. The number of hydrogen-bond acceptors (Lipinski definition) is 5. The van der Waals surface area contributed by atoms with Crippen molar-refractivity contribution in [1.29, 1.82) is 0 Å². The number of anilines is 2. The van der Waals surface area contributed by atoms with Gasteiger partial charge in [-0.3, -0.25) is 10.1 Å². The third-order valence-electron chi connectivity index (χ3n) is 4.29. The van der Waals surface area contributed by atoms with Crippen molar-refractivity contribution < 1.29 is 19.1 Å². The number of likely N-dealkylation sites (N-methyl/N-ethyl adjacent to an activating group) is 1. The molecule has 0 aliphatic carbocycles. The SMILES string of the molecule is COc1ccc(N(C)CC(=O)NC(=O)Nc2cccc(C)c2C)cc1OC. The third kappa shape index (κ3) is 5.13. The topological polar surface area (TPSA) is 79.9 Å². The van der Waals surface area contributed by atoms with E-state index in [0.29, 0.717) is 17.2 Å². The van der Waals surface area contributed by atoms with Crippen molar-refractivity contribution in [2.24, 2.45) is 0 Å². The number of urea groups is 1. The minimum absolute atomic E-state index is 0.00963. The van der Waals surface area contributed by atoms with Crippen LogP contribution in [0.1, 0.15) is 11.1 Å². The van der Waals surface area contributed by atoms with Crippen molar-refractivity contribution in [2.75, 3.05) is 38.0 Å². The lowest BCUT2D eigenvalue weighted by Gasteiger charge is -2.20. The van der Waals surface area contributed by atoms with Crippen LogP contribution in [-0.4, -0.2) is 39.8 Å². The summed E-state index contributed by atoms with van der Waals surface area (Å²) in [5.41, 5.74) is 3.46. The van der Waals surface area contributed by atoms with Crippen LogP contribution in [-0.2, 0) is 4.79 Å². The van der Waals surface area contributed by atoms with Crippen molar-refractivity contribution in [3.63, 3.8) is 0 Å². The summed E-state index contributed by atoms with van der Waals surface area (Å²) < 4.78 is 10.5. The van der Waals surface area contributed by atoms with Crippen molar-refractivity contribution in [3.8, 4) is 11.5 Å². The summed E-state index contributed by atoms with van der Waals surface area (Å²) >= 11 is 0. The standard InChI is InChI=1S/C20H25N3O4/c1-13-7-6-8-16(14(13)2)21-20(25)22-19(24)12-23(3)15-9-10-17(26-4)18(11-15)27-5/h6-11H,12H2,1-5H3,(H2,21,22,24,25). The zero-order valence-corrected chi connectivity index (χ0v) is 16.3. The van der Waals surface area contributed by atoms with Crippen LogP contribution in [0.25, 0.3) is 0 Å². The van der Waals surface area contributed by atoms with Crippen molar-refractivity contribution in [2.45, 2.75) is 13.8 Å². The highest BCUT2D eigenvalue weighted by Gasteiger charge is 2.14. The second-order valence-electron chi connectivity index (χ2n) is 6.15. The van der Waals surface area contributed by atoms with E-state index in [1.165, 1.54) is 0 Å². The Labute approximate surface area is 159 Å². The molecule has 0 unspecified atom stereocenters. The van der Waals surface area contributed by atoms with E-state index in [1.807, 2.05) is 32.0 Å². The Morgan fingerprint density at radius 3 is 2.41 bits per heavy atom. The smallest absolute Gasteiger partial charge is 0.325 e. The molecule has 0 aliphatic rings. The zero-order chi connectivity index (χ0) is 20.0. The molecule has 0 heterocycles. The number of nitrogens with zero attached hydrogens (tertiary/aromatic N) is 1. The van der Waals surface area contributed by atoms with Gasteiger partial charge in [0, 0.05) is 24.5 Å². The Balaban J connectivity index is 1.96. The van der Waals surface area contributed by atoms with Gasteiger partial charge in [-0.05, 0) is 43.2 Å². The number of amides is 3. The number of nitrogens with one attached hydrogen (secondary N) is 2. The fraction of sp³-hybridized carbons (Fsp3) is 0.300. The molecule has 0 aromatic heterocycles. The molecule has 0 radical (unpaired) electrons. The van der Waals surface area contributed by atoms with Gasteiger partial charge in [0.05, 0.1) is 20.8 Å². The number of aryl methyl sites for hydroxylation is 1. The summed E-state index contributed by atoms with van der Waals surface area (Å²) in [6.45, 7) is 3.88. The number of carbonyl (C=O) groups excluding carboxylic acids is 2. The molecule has 0 aliphatic heterocycles. The van der Waals surface area contributed by atoms with Gasteiger partial charge < -0.3 is 19.7 Å². The van der Waals surface area contributed by atoms with Gasteiger partial charge in [0.25, 0.3) is 0 Å². The highest BCUT2D eigenvalue weighted by Crippen LogP contribution is 2.30. The van der Waals surface area contributed by atoms with Gasteiger partial charge in [-0.15, -0.1) is 0 Å². The van der Waals surface area contributed by atoms with Crippen LogP contribution in [0.15, 0.2) is 36.4 Å². The fourth-order valence-corrected chi connectivity index (χ4v) is 2.58. The highest BCUT2D eigenvalue weighted by molar-refractivity contribution is 6.02. The number of benzene rings is 2.